The highest BCUT2D eigenvalue weighted by Crippen LogP contribution is 2.19. The van der Waals surface area contributed by atoms with Crippen LogP contribution in [0, 0.1) is 0 Å². The average molecular weight is 246 g/mol. The van der Waals surface area contributed by atoms with E-state index < -0.39 is 0 Å². The number of hydrogen-bond acceptors (Lipinski definition) is 4. The van der Waals surface area contributed by atoms with Crippen molar-refractivity contribution < 1.29 is 4.74 Å². The third kappa shape index (κ3) is 2.96. The third-order valence-corrected chi connectivity index (χ3v) is 2.67. The molecule has 5 nitrogen and oxygen atoms in total. The molecular weight excluding hydrogens is 230 g/mol. The minimum absolute atomic E-state index is 0.206. The Morgan fingerprint density at radius 1 is 1.62 bits per heavy atom. The maximum absolute atomic E-state index is 11.5. The van der Waals surface area contributed by atoms with Crippen molar-refractivity contribution in [3.63, 3.8) is 0 Å². The predicted molar refractivity (Wildman–Crippen MR) is 64.3 cm³/mol. The van der Waals surface area contributed by atoms with Gasteiger partial charge in [-0.25, -0.2) is 4.68 Å². The molecule has 0 saturated carbocycles. The fraction of sp³-hybridized carbons (Fsp3) is 0.600. The van der Waals surface area contributed by atoms with Crippen LogP contribution in [0.5, 0.6) is 0 Å². The monoisotopic (exact) mass is 245 g/mol. The number of nitrogens with zero attached hydrogens (tertiary/aromatic N) is 3. The van der Waals surface area contributed by atoms with Gasteiger partial charge in [0.1, 0.15) is 5.02 Å². The van der Waals surface area contributed by atoms with Crippen LogP contribution in [0.25, 0.3) is 0 Å². The number of rotatable bonds is 5. The molecule has 0 aliphatic carbocycles. The molecule has 90 valence electrons. The Morgan fingerprint density at radius 3 is 2.94 bits per heavy atom. The van der Waals surface area contributed by atoms with Gasteiger partial charge in [-0.1, -0.05) is 11.6 Å². The molecule has 0 bridgehead atoms. The Balaban J connectivity index is 2.80. The molecule has 1 heterocycles. The normalized spacial score (nSPS) is 10.5. The summed E-state index contributed by atoms with van der Waals surface area (Å²) >= 11 is 5.96. The Kier molecular flexibility index (Phi) is 4.76. The van der Waals surface area contributed by atoms with Gasteiger partial charge in [-0.3, -0.25) is 4.79 Å². The number of methoxy groups -OCH3 is 1. The van der Waals surface area contributed by atoms with E-state index >= 15 is 0 Å². The zero-order valence-electron chi connectivity index (χ0n) is 9.73. The molecule has 0 aliphatic heterocycles. The molecule has 0 atom stereocenters. The van der Waals surface area contributed by atoms with Crippen molar-refractivity contribution in [2.45, 2.75) is 6.42 Å². The predicted octanol–water partition coefficient (Wildman–Crippen LogP) is 0.906. The minimum atomic E-state index is -0.280. The molecule has 0 spiro atoms. The first kappa shape index (κ1) is 13.0. The molecule has 6 heteroatoms. The first-order valence-electron chi connectivity index (χ1n) is 4.99. The quantitative estimate of drug-likeness (QED) is 0.724. The van der Waals surface area contributed by atoms with Crippen molar-refractivity contribution in [2.75, 3.05) is 32.2 Å². The van der Waals surface area contributed by atoms with Crippen molar-refractivity contribution in [3.8, 4) is 0 Å². The minimum Gasteiger partial charge on any atom is -0.385 e. The summed E-state index contributed by atoms with van der Waals surface area (Å²) in [7, 11) is 5.10. The van der Waals surface area contributed by atoms with Gasteiger partial charge >= 0.3 is 0 Å². The molecule has 0 fully saturated rings. The molecule has 0 N–H and O–H groups in total. The van der Waals surface area contributed by atoms with Crippen molar-refractivity contribution in [1.29, 1.82) is 0 Å². The molecule has 0 radical (unpaired) electrons. The van der Waals surface area contributed by atoms with E-state index in [-0.39, 0.29) is 10.6 Å². The molecule has 0 saturated heterocycles. The second kappa shape index (κ2) is 5.86. The van der Waals surface area contributed by atoms with E-state index in [0.29, 0.717) is 12.3 Å². The van der Waals surface area contributed by atoms with Crippen LogP contribution in [0.3, 0.4) is 0 Å². The molecule has 1 aromatic heterocycles. The van der Waals surface area contributed by atoms with E-state index in [1.807, 2.05) is 11.9 Å². The van der Waals surface area contributed by atoms with Crippen LogP contribution in [-0.2, 0) is 11.8 Å². The first-order valence-corrected chi connectivity index (χ1v) is 5.37. The van der Waals surface area contributed by atoms with Gasteiger partial charge in [0.25, 0.3) is 5.56 Å². The zero-order valence-corrected chi connectivity index (χ0v) is 10.5. The average Bonchev–Trinajstić information content (AvgIpc) is 2.26. The summed E-state index contributed by atoms with van der Waals surface area (Å²) in [4.78, 5) is 13.4. The van der Waals surface area contributed by atoms with Gasteiger partial charge in [-0.05, 0) is 6.42 Å². The number of hydrogen-bond donors (Lipinski definition) is 0. The van der Waals surface area contributed by atoms with Crippen LogP contribution in [-0.4, -0.2) is 37.1 Å². The van der Waals surface area contributed by atoms with Crippen LogP contribution < -0.4 is 10.5 Å². The Labute approximate surface area is 99.6 Å². The Morgan fingerprint density at radius 2 is 2.31 bits per heavy atom. The summed E-state index contributed by atoms with van der Waals surface area (Å²) in [6.45, 7) is 1.45. The van der Waals surface area contributed by atoms with E-state index in [1.165, 1.54) is 4.68 Å². The SMILES string of the molecule is COCCCN(C)c1cnn(C)c(=O)c1Cl. The lowest BCUT2D eigenvalue weighted by molar-refractivity contribution is 0.196. The van der Waals surface area contributed by atoms with Crippen molar-refractivity contribution in [3.05, 3.63) is 21.6 Å². The van der Waals surface area contributed by atoms with Crippen LogP contribution in [0.2, 0.25) is 5.02 Å². The maximum atomic E-state index is 11.5. The second-order valence-electron chi connectivity index (χ2n) is 3.54. The molecule has 0 amide bonds. The second-order valence-corrected chi connectivity index (χ2v) is 3.92. The lowest BCUT2D eigenvalue weighted by Crippen LogP contribution is -2.26. The molecule has 16 heavy (non-hydrogen) atoms. The van der Waals surface area contributed by atoms with Gasteiger partial charge in [-0.15, -0.1) is 0 Å². The first-order chi connectivity index (χ1) is 7.57. The van der Waals surface area contributed by atoms with Gasteiger partial charge in [0.15, 0.2) is 0 Å². The van der Waals surface area contributed by atoms with E-state index in [1.54, 1.807) is 20.4 Å². The van der Waals surface area contributed by atoms with Crippen molar-refractivity contribution in [1.82, 2.24) is 9.78 Å². The maximum Gasteiger partial charge on any atom is 0.287 e. The van der Waals surface area contributed by atoms with Crippen LogP contribution >= 0.6 is 11.6 Å². The van der Waals surface area contributed by atoms with Crippen molar-refractivity contribution >= 4 is 17.3 Å². The van der Waals surface area contributed by atoms with Crippen molar-refractivity contribution in [2.24, 2.45) is 7.05 Å². The largest absolute Gasteiger partial charge is 0.385 e. The lowest BCUT2D eigenvalue weighted by atomic mass is 10.3. The van der Waals surface area contributed by atoms with E-state index in [2.05, 4.69) is 5.10 Å². The molecule has 1 rings (SSSR count). The van der Waals surface area contributed by atoms with Crippen LogP contribution in [0.1, 0.15) is 6.42 Å². The number of anilines is 1. The number of ether oxygens (including phenoxy) is 1. The van der Waals surface area contributed by atoms with Gasteiger partial charge in [0, 0.05) is 34.4 Å². The standard InChI is InChI=1S/C10H16ClN3O2/c1-13(5-4-6-16-3)8-7-12-14(2)10(15)9(8)11/h7H,4-6H2,1-3H3. The Hall–Kier alpha value is -1.07. The molecular formula is C10H16ClN3O2. The summed E-state index contributed by atoms with van der Waals surface area (Å²) in [5.41, 5.74) is 0.374. The summed E-state index contributed by atoms with van der Waals surface area (Å²) in [5.74, 6) is 0. The summed E-state index contributed by atoms with van der Waals surface area (Å²) in [6, 6.07) is 0. The molecule has 0 aliphatic rings. The summed E-state index contributed by atoms with van der Waals surface area (Å²) < 4.78 is 6.18. The zero-order chi connectivity index (χ0) is 12.1. The van der Waals surface area contributed by atoms with Gasteiger partial charge < -0.3 is 9.64 Å². The van der Waals surface area contributed by atoms with E-state index in [4.69, 9.17) is 16.3 Å². The number of aryl methyl sites for hydroxylation is 1. The molecule has 1 aromatic rings. The Bertz CT molecular complexity index is 406. The highest BCUT2D eigenvalue weighted by atomic mass is 35.5. The number of aromatic nitrogens is 2. The third-order valence-electron chi connectivity index (χ3n) is 2.31. The van der Waals surface area contributed by atoms with Gasteiger partial charge in [-0.2, -0.15) is 5.10 Å². The van der Waals surface area contributed by atoms with Gasteiger partial charge in [0.2, 0.25) is 0 Å². The van der Waals surface area contributed by atoms with E-state index in [9.17, 15) is 4.79 Å². The fourth-order valence-electron chi connectivity index (χ4n) is 1.33. The van der Waals surface area contributed by atoms with E-state index in [0.717, 1.165) is 13.0 Å². The smallest absolute Gasteiger partial charge is 0.287 e. The summed E-state index contributed by atoms with van der Waals surface area (Å²) in [5, 5.41) is 4.14. The van der Waals surface area contributed by atoms with Crippen LogP contribution in [0.15, 0.2) is 11.0 Å². The highest BCUT2D eigenvalue weighted by molar-refractivity contribution is 6.32. The van der Waals surface area contributed by atoms with Gasteiger partial charge in [0.05, 0.1) is 11.9 Å². The topological polar surface area (TPSA) is 47.4 Å². The van der Waals surface area contributed by atoms with Crippen LogP contribution in [0.4, 0.5) is 5.69 Å². The molecule has 0 aromatic carbocycles. The molecule has 0 unspecified atom stereocenters. The highest BCUT2D eigenvalue weighted by Gasteiger charge is 2.10. The fourth-order valence-corrected chi connectivity index (χ4v) is 1.65. The summed E-state index contributed by atoms with van der Waals surface area (Å²) in [6.07, 6.45) is 2.47. The lowest BCUT2D eigenvalue weighted by Gasteiger charge is -2.19. The number of halogens is 1.